The Morgan fingerprint density at radius 1 is 1.24 bits per heavy atom. The Kier molecular flexibility index (Phi) is 2.31. The minimum atomic E-state index is -0.0907. The van der Waals surface area contributed by atoms with Gasteiger partial charge in [0, 0.05) is 5.39 Å². The molecule has 0 saturated carbocycles. The first kappa shape index (κ1) is 9.92. The van der Waals surface area contributed by atoms with Gasteiger partial charge in [0.25, 0.3) is 0 Å². The third-order valence-electron chi connectivity index (χ3n) is 2.57. The van der Waals surface area contributed by atoms with Gasteiger partial charge in [-0.05, 0) is 11.5 Å². The van der Waals surface area contributed by atoms with Crippen LogP contribution in [0.3, 0.4) is 0 Å². The van der Waals surface area contributed by atoms with Crippen LogP contribution in [0.25, 0.3) is 16.6 Å². The van der Waals surface area contributed by atoms with E-state index in [1.54, 1.807) is 11.0 Å². The Morgan fingerprint density at radius 3 is 2.88 bits per heavy atom. The van der Waals surface area contributed by atoms with E-state index in [0.717, 1.165) is 10.8 Å². The topological polar surface area (TPSA) is 63.8 Å². The van der Waals surface area contributed by atoms with E-state index >= 15 is 0 Å². The van der Waals surface area contributed by atoms with Crippen molar-refractivity contribution in [3.05, 3.63) is 48.7 Å². The lowest BCUT2D eigenvalue weighted by Crippen LogP contribution is -2.02. The highest BCUT2D eigenvalue weighted by atomic mass is 16.3. The molecule has 0 aliphatic rings. The number of hydrogen-bond acceptors (Lipinski definition) is 4. The van der Waals surface area contributed by atoms with Crippen LogP contribution in [-0.2, 0) is 6.61 Å². The third-order valence-corrected chi connectivity index (χ3v) is 2.57. The van der Waals surface area contributed by atoms with Gasteiger partial charge in [0.05, 0.1) is 12.3 Å². The van der Waals surface area contributed by atoms with E-state index in [0.29, 0.717) is 11.5 Å². The van der Waals surface area contributed by atoms with Gasteiger partial charge in [0.2, 0.25) is 0 Å². The number of aliphatic hydroxyl groups is 1. The molecular formula is C12H10N4O. The maximum atomic E-state index is 9.21. The van der Waals surface area contributed by atoms with Crippen molar-refractivity contribution in [2.45, 2.75) is 6.61 Å². The number of rotatable bonds is 2. The number of hydrogen-bond donors (Lipinski definition) is 1. The van der Waals surface area contributed by atoms with Crippen LogP contribution in [0.2, 0.25) is 0 Å². The lowest BCUT2D eigenvalue weighted by atomic mass is 10.1. The van der Waals surface area contributed by atoms with Gasteiger partial charge in [0.15, 0.2) is 5.82 Å². The summed E-state index contributed by atoms with van der Waals surface area (Å²) >= 11 is 0. The van der Waals surface area contributed by atoms with Gasteiger partial charge in [0.1, 0.15) is 12.7 Å². The van der Waals surface area contributed by atoms with Crippen LogP contribution in [0.5, 0.6) is 0 Å². The maximum Gasteiger partial charge on any atom is 0.163 e. The molecule has 2 heterocycles. The summed E-state index contributed by atoms with van der Waals surface area (Å²) in [4.78, 5) is 8.28. The third kappa shape index (κ3) is 1.66. The van der Waals surface area contributed by atoms with Crippen molar-refractivity contribution >= 4 is 10.8 Å². The highest BCUT2D eigenvalue weighted by Gasteiger charge is 2.07. The molecule has 5 heteroatoms. The first-order valence-corrected chi connectivity index (χ1v) is 5.23. The molecule has 0 atom stereocenters. The van der Waals surface area contributed by atoms with Crippen molar-refractivity contribution in [3.63, 3.8) is 0 Å². The van der Waals surface area contributed by atoms with Gasteiger partial charge >= 0.3 is 0 Å². The van der Waals surface area contributed by atoms with Crippen molar-refractivity contribution in [2.24, 2.45) is 0 Å². The largest absolute Gasteiger partial charge is 0.390 e. The van der Waals surface area contributed by atoms with Crippen LogP contribution in [0, 0.1) is 0 Å². The Hall–Kier alpha value is -2.27. The SMILES string of the molecule is OCc1cc2ccccc2c(-n2cncn2)n1. The fraction of sp³-hybridized carbons (Fsp3) is 0.0833. The molecule has 1 N–H and O–H groups in total. The number of aromatic nitrogens is 4. The zero-order valence-corrected chi connectivity index (χ0v) is 8.98. The number of aliphatic hydroxyl groups excluding tert-OH is 1. The normalized spacial score (nSPS) is 10.9. The number of nitrogens with zero attached hydrogens (tertiary/aromatic N) is 4. The fourth-order valence-corrected chi connectivity index (χ4v) is 1.81. The minimum Gasteiger partial charge on any atom is -0.390 e. The average molecular weight is 226 g/mol. The molecule has 0 radical (unpaired) electrons. The van der Waals surface area contributed by atoms with Crippen molar-refractivity contribution in [1.29, 1.82) is 0 Å². The zero-order chi connectivity index (χ0) is 11.7. The summed E-state index contributed by atoms with van der Waals surface area (Å²) < 4.78 is 1.60. The predicted octanol–water partition coefficient (Wildman–Crippen LogP) is 1.31. The van der Waals surface area contributed by atoms with Crippen LogP contribution in [0.4, 0.5) is 0 Å². The lowest BCUT2D eigenvalue weighted by molar-refractivity contribution is 0.277. The van der Waals surface area contributed by atoms with Crippen molar-refractivity contribution in [2.75, 3.05) is 0 Å². The van der Waals surface area contributed by atoms with E-state index in [1.165, 1.54) is 6.33 Å². The Balaban J connectivity index is 2.35. The Bertz CT molecular complexity index is 649. The molecule has 0 saturated heterocycles. The first-order chi connectivity index (χ1) is 8.38. The molecule has 2 aromatic heterocycles. The lowest BCUT2D eigenvalue weighted by Gasteiger charge is -2.07. The van der Waals surface area contributed by atoms with E-state index in [-0.39, 0.29) is 6.61 Å². The van der Waals surface area contributed by atoms with Gasteiger partial charge in [-0.3, -0.25) is 0 Å². The zero-order valence-electron chi connectivity index (χ0n) is 8.98. The van der Waals surface area contributed by atoms with Crippen molar-refractivity contribution in [3.8, 4) is 5.82 Å². The van der Waals surface area contributed by atoms with Crippen LogP contribution in [-0.4, -0.2) is 24.9 Å². The van der Waals surface area contributed by atoms with Crippen molar-refractivity contribution < 1.29 is 5.11 Å². The standard InChI is InChI=1S/C12H10N4O/c17-6-10-5-9-3-1-2-4-11(9)12(15-10)16-8-13-7-14-16/h1-5,7-8,17H,6H2. The molecule has 0 aliphatic heterocycles. The molecule has 0 bridgehead atoms. The van der Waals surface area contributed by atoms with Crippen LogP contribution in [0.15, 0.2) is 43.0 Å². The fourth-order valence-electron chi connectivity index (χ4n) is 1.81. The van der Waals surface area contributed by atoms with E-state index in [2.05, 4.69) is 15.1 Å². The smallest absolute Gasteiger partial charge is 0.163 e. The minimum absolute atomic E-state index is 0.0907. The summed E-state index contributed by atoms with van der Waals surface area (Å²) in [6.45, 7) is -0.0907. The molecule has 1 aromatic carbocycles. The summed E-state index contributed by atoms with van der Waals surface area (Å²) in [5.41, 5.74) is 0.620. The molecule has 0 aliphatic carbocycles. The monoisotopic (exact) mass is 226 g/mol. The quantitative estimate of drug-likeness (QED) is 0.715. The number of benzene rings is 1. The average Bonchev–Trinajstić information content (AvgIpc) is 2.91. The highest BCUT2D eigenvalue weighted by molar-refractivity contribution is 5.88. The van der Waals surface area contributed by atoms with E-state index in [4.69, 9.17) is 0 Å². The summed E-state index contributed by atoms with van der Waals surface area (Å²) in [6, 6.07) is 9.73. The molecule has 5 nitrogen and oxygen atoms in total. The molecule has 0 spiro atoms. The second-order valence-electron chi connectivity index (χ2n) is 3.66. The van der Waals surface area contributed by atoms with E-state index in [1.807, 2.05) is 30.3 Å². The summed E-state index contributed by atoms with van der Waals surface area (Å²) in [7, 11) is 0. The molecule has 0 fully saturated rings. The van der Waals surface area contributed by atoms with Crippen LogP contribution >= 0.6 is 0 Å². The maximum absolute atomic E-state index is 9.21. The summed E-state index contributed by atoms with van der Waals surface area (Å²) in [5, 5.41) is 15.3. The van der Waals surface area contributed by atoms with Gasteiger partial charge in [-0.1, -0.05) is 24.3 Å². The molecule has 3 rings (SSSR count). The van der Waals surface area contributed by atoms with E-state index in [9.17, 15) is 5.11 Å². The van der Waals surface area contributed by atoms with E-state index < -0.39 is 0 Å². The Morgan fingerprint density at radius 2 is 2.12 bits per heavy atom. The van der Waals surface area contributed by atoms with Crippen LogP contribution < -0.4 is 0 Å². The molecule has 17 heavy (non-hydrogen) atoms. The number of fused-ring (bicyclic) bond motifs is 1. The molecule has 3 aromatic rings. The Labute approximate surface area is 97.4 Å². The van der Waals surface area contributed by atoms with Crippen molar-refractivity contribution in [1.82, 2.24) is 19.7 Å². The summed E-state index contributed by atoms with van der Waals surface area (Å²) in [6.07, 6.45) is 3.05. The second-order valence-corrected chi connectivity index (χ2v) is 3.66. The highest BCUT2D eigenvalue weighted by Crippen LogP contribution is 2.20. The number of pyridine rings is 1. The van der Waals surface area contributed by atoms with Gasteiger partial charge in [-0.15, -0.1) is 0 Å². The van der Waals surface area contributed by atoms with Gasteiger partial charge < -0.3 is 5.11 Å². The predicted molar refractivity (Wildman–Crippen MR) is 62.6 cm³/mol. The molecular weight excluding hydrogens is 216 g/mol. The second kappa shape index (κ2) is 3.95. The summed E-state index contributed by atoms with van der Waals surface area (Å²) in [5.74, 6) is 0.685. The van der Waals surface area contributed by atoms with Gasteiger partial charge in [-0.2, -0.15) is 5.10 Å². The molecule has 0 amide bonds. The first-order valence-electron chi connectivity index (χ1n) is 5.23. The molecule has 0 unspecified atom stereocenters. The molecule has 84 valence electrons. The van der Waals surface area contributed by atoms with Gasteiger partial charge in [-0.25, -0.2) is 14.6 Å². The van der Waals surface area contributed by atoms with Crippen LogP contribution in [0.1, 0.15) is 5.69 Å².